The topological polar surface area (TPSA) is 44.8 Å². The van der Waals surface area contributed by atoms with Crippen molar-refractivity contribution in [2.24, 2.45) is 0 Å². The fourth-order valence-corrected chi connectivity index (χ4v) is 2.27. The normalized spacial score (nSPS) is 21.6. The van der Waals surface area contributed by atoms with E-state index in [2.05, 4.69) is 12.1 Å². The van der Waals surface area contributed by atoms with Gasteiger partial charge in [0.05, 0.1) is 13.2 Å². The van der Waals surface area contributed by atoms with Gasteiger partial charge < -0.3 is 14.2 Å². The molecule has 0 aromatic heterocycles. The molecule has 0 amide bonds. The number of hydrogen-bond donors (Lipinski definition) is 0. The fourth-order valence-electron chi connectivity index (χ4n) is 2.27. The minimum atomic E-state index is -0.294. The Labute approximate surface area is 119 Å². The Balaban J connectivity index is 2.12. The number of rotatable bonds is 4. The van der Waals surface area contributed by atoms with Crippen molar-refractivity contribution in [3.63, 3.8) is 0 Å². The van der Waals surface area contributed by atoms with Crippen LogP contribution >= 0.6 is 0 Å². The highest BCUT2D eigenvalue weighted by Gasteiger charge is 2.23. The van der Waals surface area contributed by atoms with Crippen molar-refractivity contribution in [2.45, 2.75) is 32.5 Å². The van der Waals surface area contributed by atoms with E-state index in [4.69, 9.17) is 14.2 Å². The summed E-state index contributed by atoms with van der Waals surface area (Å²) < 4.78 is 16.4. The van der Waals surface area contributed by atoms with Gasteiger partial charge in [-0.2, -0.15) is 0 Å². The highest BCUT2D eigenvalue weighted by atomic mass is 16.6. The van der Waals surface area contributed by atoms with Crippen molar-refractivity contribution >= 4 is 5.97 Å². The number of benzene rings is 1. The average Bonchev–Trinajstić information content (AvgIpc) is 2.45. The van der Waals surface area contributed by atoms with Crippen molar-refractivity contribution in [3.05, 3.63) is 41.5 Å². The molecule has 2 atom stereocenters. The van der Waals surface area contributed by atoms with Crippen LogP contribution in [0.1, 0.15) is 30.6 Å². The predicted molar refractivity (Wildman–Crippen MR) is 75.7 cm³/mol. The molecular formula is C16H20O4. The van der Waals surface area contributed by atoms with E-state index in [1.807, 2.05) is 25.1 Å². The molecule has 0 N–H and O–H groups in total. The molecule has 1 aromatic carbocycles. The molecule has 0 saturated carbocycles. The molecule has 0 bridgehead atoms. The molecule has 20 heavy (non-hydrogen) atoms. The van der Waals surface area contributed by atoms with Gasteiger partial charge in [-0.05, 0) is 25.5 Å². The number of carbonyl (C=O) groups excluding carboxylic acids is 1. The SMILES string of the molecule is COc1ccc(C)cc1[C@@H]1CC=CC(COC(C)=O)O1. The van der Waals surface area contributed by atoms with Gasteiger partial charge in [0.15, 0.2) is 0 Å². The minimum absolute atomic E-state index is 0.0737. The molecule has 4 heteroatoms. The van der Waals surface area contributed by atoms with Crippen molar-refractivity contribution in [1.82, 2.24) is 0 Å². The van der Waals surface area contributed by atoms with E-state index in [-0.39, 0.29) is 24.8 Å². The summed E-state index contributed by atoms with van der Waals surface area (Å²) in [5.41, 5.74) is 2.19. The molecule has 0 spiro atoms. The maximum absolute atomic E-state index is 10.9. The molecule has 1 aliphatic heterocycles. The lowest BCUT2D eigenvalue weighted by atomic mass is 10.0. The van der Waals surface area contributed by atoms with E-state index in [1.54, 1.807) is 7.11 Å². The monoisotopic (exact) mass is 276 g/mol. The summed E-state index contributed by atoms with van der Waals surface area (Å²) in [5.74, 6) is 0.527. The first-order valence-corrected chi connectivity index (χ1v) is 6.70. The van der Waals surface area contributed by atoms with Gasteiger partial charge in [-0.1, -0.05) is 23.8 Å². The quantitative estimate of drug-likeness (QED) is 0.626. The maximum atomic E-state index is 10.9. The van der Waals surface area contributed by atoms with Gasteiger partial charge >= 0.3 is 5.97 Å². The molecule has 1 unspecified atom stereocenters. The van der Waals surface area contributed by atoms with Crippen LogP contribution in [0.15, 0.2) is 30.4 Å². The standard InChI is InChI=1S/C16H20O4/c1-11-7-8-15(18-3)14(9-11)16-6-4-5-13(20-16)10-19-12(2)17/h4-5,7-9,13,16H,6,10H2,1-3H3/t13?,16-/m0/s1. The van der Waals surface area contributed by atoms with Crippen LogP contribution in [0.4, 0.5) is 0 Å². The first kappa shape index (κ1) is 14.6. The minimum Gasteiger partial charge on any atom is -0.496 e. The van der Waals surface area contributed by atoms with Crippen LogP contribution in [0, 0.1) is 6.92 Å². The molecule has 2 rings (SSSR count). The van der Waals surface area contributed by atoms with Gasteiger partial charge in [0, 0.05) is 12.5 Å². The highest BCUT2D eigenvalue weighted by molar-refractivity contribution is 5.65. The second-order valence-electron chi connectivity index (χ2n) is 4.88. The molecule has 0 saturated heterocycles. The van der Waals surface area contributed by atoms with Crippen LogP contribution < -0.4 is 4.74 Å². The Morgan fingerprint density at radius 2 is 2.25 bits per heavy atom. The van der Waals surface area contributed by atoms with Crippen molar-refractivity contribution in [3.8, 4) is 5.75 Å². The predicted octanol–water partition coefficient (Wildman–Crippen LogP) is 2.95. The van der Waals surface area contributed by atoms with Gasteiger partial charge in [0.25, 0.3) is 0 Å². The lowest BCUT2D eigenvalue weighted by molar-refractivity contribution is -0.145. The van der Waals surface area contributed by atoms with Gasteiger partial charge in [0.1, 0.15) is 18.5 Å². The van der Waals surface area contributed by atoms with Crippen molar-refractivity contribution in [1.29, 1.82) is 0 Å². The zero-order valence-corrected chi connectivity index (χ0v) is 12.1. The first-order chi connectivity index (χ1) is 9.60. The molecular weight excluding hydrogens is 256 g/mol. The van der Waals surface area contributed by atoms with Crippen LogP contribution in [0.3, 0.4) is 0 Å². The van der Waals surface area contributed by atoms with Crippen LogP contribution in [-0.2, 0) is 14.3 Å². The largest absolute Gasteiger partial charge is 0.496 e. The summed E-state index contributed by atoms with van der Waals surface area (Å²) >= 11 is 0. The Hall–Kier alpha value is -1.81. The summed E-state index contributed by atoms with van der Waals surface area (Å²) in [7, 11) is 1.66. The maximum Gasteiger partial charge on any atom is 0.302 e. The molecule has 1 aromatic rings. The molecule has 108 valence electrons. The smallest absolute Gasteiger partial charge is 0.302 e. The molecule has 4 nitrogen and oxygen atoms in total. The molecule has 1 heterocycles. The second-order valence-corrected chi connectivity index (χ2v) is 4.88. The number of esters is 1. The van der Waals surface area contributed by atoms with E-state index in [0.717, 1.165) is 23.3 Å². The van der Waals surface area contributed by atoms with Crippen molar-refractivity contribution in [2.75, 3.05) is 13.7 Å². The van der Waals surface area contributed by atoms with E-state index in [1.165, 1.54) is 6.92 Å². The first-order valence-electron chi connectivity index (χ1n) is 6.70. The zero-order valence-electron chi connectivity index (χ0n) is 12.1. The number of aryl methyl sites for hydroxylation is 1. The van der Waals surface area contributed by atoms with Crippen LogP contribution in [0.25, 0.3) is 0 Å². The van der Waals surface area contributed by atoms with Gasteiger partial charge in [0.2, 0.25) is 0 Å². The van der Waals surface area contributed by atoms with E-state index < -0.39 is 0 Å². The third-order valence-electron chi connectivity index (χ3n) is 3.22. The fraction of sp³-hybridized carbons (Fsp3) is 0.438. The van der Waals surface area contributed by atoms with Gasteiger partial charge in [-0.25, -0.2) is 0 Å². The van der Waals surface area contributed by atoms with Gasteiger partial charge in [-0.3, -0.25) is 4.79 Å². The van der Waals surface area contributed by atoms with Gasteiger partial charge in [-0.15, -0.1) is 0 Å². The lowest BCUT2D eigenvalue weighted by Crippen LogP contribution is -2.24. The number of methoxy groups -OCH3 is 1. The third-order valence-corrected chi connectivity index (χ3v) is 3.22. The average molecular weight is 276 g/mol. The highest BCUT2D eigenvalue weighted by Crippen LogP contribution is 2.34. The molecule has 1 aliphatic rings. The lowest BCUT2D eigenvalue weighted by Gasteiger charge is -2.27. The number of ether oxygens (including phenoxy) is 3. The summed E-state index contributed by atoms with van der Waals surface area (Å²) in [4.78, 5) is 10.9. The van der Waals surface area contributed by atoms with E-state index >= 15 is 0 Å². The van der Waals surface area contributed by atoms with E-state index in [0.29, 0.717) is 0 Å². The molecule has 0 aliphatic carbocycles. The Morgan fingerprint density at radius 1 is 1.45 bits per heavy atom. The summed E-state index contributed by atoms with van der Waals surface area (Å²) in [6.07, 6.45) is 4.50. The van der Waals surface area contributed by atoms with Crippen molar-refractivity contribution < 1.29 is 19.0 Å². The van der Waals surface area contributed by atoms with E-state index in [9.17, 15) is 4.79 Å². The number of hydrogen-bond acceptors (Lipinski definition) is 4. The number of carbonyl (C=O) groups is 1. The Morgan fingerprint density at radius 3 is 2.95 bits per heavy atom. The summed E-state index contributed by atoms with van der Waals surface area (Å²) in [6, 6.07) is 6.04. The zero-order chi connectivity index (χ0) is 14.5. The van der Waals surface area contributed by atoms with Crippen LogP contribution in [0.5, 0.6) is 5.75 Å². The van der Waals surface area contributed by atoms with Crippen LogP contribution in [-0.4, -0.2) is 25.8 Å². The summed E-state index contributed by atoms with van der Waals surface area (Å²) in [6.45, 7) is 3.68. The second kappa shape index (κ2) is 6.57. The molecule has 0 fully saturated rings. The summed E-state index contributed by atoms with van der Waals surface area (Å²) in [5, 5.41) is 0. The Bertz CT molecular complexity index is 507. The molecule has 0 radical (unpaired) electrons. The Kier molecular flexibility index (Phi) is 4.79. The third kappa shape index (κ3) is 3.61. The van der Waals surface area contributed by atoms with Crippen LogP contribution in [0.2, 0.25) is 0 Å².